The minimum absolute atomic E-state index is 0.395. The third-order valence-corrected chi connectivity index (χ3v) is 4.58. The van der Waals surface area contributed by atoms with Crippen LogP contribution in [0.4, 0.5) is 0 Å². The van der Waals surface area contributed by atoms with Gasteiger partial charge in [0.1, 0.15) is 11.5 Å². The molecule has 21 heavy (non-hydrogen) atoms. The lowest BCUT2D eigenvalue weighted by Crippen LogP contribution is -2.02. The summed E-state index contributed by atoms with van der Waals surface area (Å²) < 4.78 is 22.7. The number of methoxy groups -OCH3 is 2. The quantitative estimate of drug-likeness (QED) is 0.890. The highest BCUT2D eigenvalue weighted by Gasteiger charge is 2.08. The molecule has 0 fully saturated rings. The fraction of sp³-hybridized carbons (Fsp3) is 0.250. The molecule has 5 heteroatoms. The topological polar surface area (TPSA) is 61.5 Å². The molecule has 0 bridgehead atoms. The average molecular weight is 305 g/mol. The van der Waals surface area contributed by atoms with Crippen molar-refractivity contribution in [2.45, 2.75) is 17.2 Å². The Labute approximate surface area is 127 Å². The molecular formula is C16H19NO3S. The van der Waals surface area contributed by atoms with E-state index >= 15 is 0 Å². The normalized spacial score (nSPS) is 12.0. The number of nitrogens with two attached hydrogens (primary N) is 1. The number of hydrogen-bond acceptors (Lipinski definition) is 4. The Hall–Kier alpha value is -1.85. The van der Waals surface area contributed by atoms with Crippen molar-refractivity contribution in [3.05, 3.63) is 53.6 Å². The van der Waals surface area contributed by atoms with Crippen LogP contribution in [0.15, 0.2) is 47.4 Å². The predicted octanol–water partition coefficient (Wildman–Crippen LogP) is 2.47. The first-order valence-electron chi connectivity index (χ1n) is 6.56. The molecule has 2 rings (SSSR count). The molecule has 0 saturated carbocycles. The van der Waals surface area contributed by atoms with Crippen LogP contribution in [0, 0.1) is 0 Å². The van der Waals surface area contributed by atoms with Gasteiger partial charge in [0.15, 0.2) is 0 Å². The van der Waals surface area contributed by atoms with E-state index in [-0.39, 0.29) is 0 Å². The SMILES string of the molecule is COc1ccc(S(=O)Cc2ccc(OC)c(CN)c2)cc1. The molecule has 0 aliphatic heterocycles. The number of ether oxygens (including phenoxy) is 2. The highest BCUT2D eigenvalue weighted by Crippen LogP contribution is 2.22. The summed E-state index contributed by atoms with van der Waals surface area (Å²) >= 11 is 0. The first-order chi connectivity index (χ1) is 10.2. The van der Waals surface area contributed by atoms with Crippen molar-refractivity contribution in [1.82, 2.24) is 0 Å². The van der Waals surface area contributed by atoms with Gasteiger partial charge in [-0.3, -0.25) is 4.21 Å². The molecule has 0 amide bonds. The van der Waals surface area contributed by atoms with Gasteiger partial charge in [0, 0.05) is 17.0 Å². The Morgan fingerprint density at radius 1 is 1.05 bits per heavy atom. The van der Waals surface area contributed by atoms with Crippen LogP contribution in [0.5, 0.6) is 11.5 Å². The van der Waals surface area contributed by atoms with Crippen LogP contribution in [-0.4, -0.2) is 18.4 Å². The Morgan fingerprint density at radius 3 is 2.33 bits per heavy atom. The molecule has 0 aliphatic rings. The second-order valence-electron chi connectivity index (χ2n) is 4.52. The number of rotatable bonds is 6. The smallest absolute Gasteiger partial charge is 0.123 e. The monoisotopic (exact) mass is 305 g/mol. The van der Waals surface area contributed by atoms with E-state index in [1.807, 2.05) is 42.5 Å². The fourth-order valence-corrected chi connectivity index (χ4v) is 3.13. The van der Waals surface area contributed by atoms with Gasteiger partial charge in [-0.15, -0.1) is 0 Å². The minimum Gasteiger partial charge on any atom is -0.497 e. The van der Waals surface area contributed by atoms with E-state index in [1.165, 1.54) is 0 Å². The summed E-state index contributed by atoms with van der Waals surface area (Å²) in [5.74, 6) is 1.96. The second kappa shape index (κ2) is 7.24. The van der Waals surface area contributed by atoms with E-state index in [9.17, 15) is 4.21 Å². The molecule has 0 heterocycles. The summed E-state index contributed by atoms with van der Waals surface area (Å²) in [5, 5.41) is 0. The minimum atomic E-state index is -1.10. The van der Waals surface area contributed by atoms with Gasteiger partial charge < -0.3 is 15.2 Å². The van der Waals surface area contributed by atoms with Crippen molar-refractivity contribution < 1.29 is 13.7 Å². The van der Waals surface area contributed by atoms with Gasteiger partial charge in [-0.1, -0.05) is 6.07 Å². The summed E-state index contributed by atoms with van der Waals surface area (Å²) in [6.45, 7) is 0.395. The molecule has 0 spiro atoms. The van der Waals surface area contributed by atoms with Gasteiger partial charge in [0.25, 0.3) is 0 Å². The highest BCUT2D eigenvalue weighted by molar-refractivity contribution is 7.84. The van der Waals surface area contributed by atoms with Gasteiger partial charge in [0.05, 0.1) is 30.8 Å². The summed E-state index contributed by atoms with van der Waals surface area (Å²) in [6.07, 6.45) is 0. The first-order valence-corrected chi connectivity index (χ1v) is 7.88. The largest absolute Gasteiger partial charge is 0.497 e. The fourth-order valence-electron chi connectivity index (χ4n) is 2.04. The van der Waals surface area contributed by atoms with Crippen LogP contribution < -0.4 is 15.2 Å². The Balaban J connectivity index is 2.14. The summed E-state index contributed by atoms with van der Waals surface area (Å²) in [6, 6.07) is 13.0. The predicted molar refractivity (Wildman–Crippen MR) is 84.0 cm³/mol. The van der Waals surface area contributed by atoms with Crippen molar-refractivity contribution in [1.29, 1.82) is 0 Å². The molecular weight excluding hydrogens is 286 g/mol. The second-order valence-corrected chi connectivity index (χ2v) is 5.97. The standard InChI is InChI=1S/C16H19NO3S/c1-19-14-4-6-15(7-5-14)21(18)11-12-3-8-16(20-2)13(9-12)10-17/h3-9H,10-11,17H2,1-2H3. The molecule has 2 N–H and O–H groups in total. The maximum absolute atomic E-state index is 12.4. The van der Waals surface area contributed by atoms with Crippen LogP contribution in [0.1, 0.15) is 11.1 Å². The highest BCUT2D eigenvalue weighted by atomic mass is 32.2. The van der Waals surface area contributed by atoms with Crippen LogP contribution >= 0.6 is 0 Å². The van der Waals surface area contributed by atoms with Crippen LogP contribution in [-0.2, 0) is 23.1 Å². The molecule has 4 nitrogen and oxygen atoms in total. The zero-order valence-electron chi connectivity index (χ0n) is 12.2. The van der Waals surface area contributed by atoms with E-state index in [1.54, 1.807) is 14.2 Å². The van der Waals surface area contributed by atoms with Gasteiger partial charge in [0.2, 0.25) is 0 Å². The molecule has 112 valence electrons. The lowest BCUT2D eigenvalue weighted by Gasteiger charge is -2.09. The van der Waals surface area contributed by atoms with Gasteiger partial charge in [-0.25, -0.2) is 0 Å². The third-order valence-electron chi connectivity index (χ3n) is 3.18. The van der Waals surface area contributed by atoms with Crippen LogP contribution in [0.25, 0.3) is 0 Å². The van der Waals surface area contributed by atoms with E-state index in [0.717, 1.165) is 27.5 Å². The Bertz CT molecular complexity index is 626. The van der Waals surface area contributed by atoms with Crippen molar-refractivity contribution in [2.24, 2.45) is 5.73 Å². The lowest BCUT2D eigenvalue weighted by molar-refractivity contribution is 0.409. The van der Waals surface area contributed by atoms with Gasteiger partial charge >= 0.3 is 0 Å². The lowest BCUT2D eigenvalue weighted by atomic mass is 10.1. The van der Waals surface area contributed by atoms with E-state index in [0.29, 0.717) is 12.3 Å². The average Bonchev–Trinajstić information content (AvgIpc) is 2.54. The molecule has 1 unspecified atom stereocenters. The Kier molecular flexibility index (Phi) is 5.36. The molecule has 2 aromatic rings. The van der Waals surface area contributed by atoms with Crippen molar-refractivity contribution >= 4 is 10.8 Å². The van der Waals surface area contributed by atoms with Crippen molar-refractivity contribution in [3.8, 4) is 11.5 Å². The molecule has 0 aromatic heterocycles. The zero-order valence-corrected chi connectivity index (χ0v) is 13.0. The van der Waals surface area contributed by atoms with Gasteiger partial charge in [-0.2, -0.15) is 0 Å². The zero-order chi connectivity index (χ0) is 15.2. The van der Waals surface area contributed by atoms with Crippen molar-refractivity contribution in [2.75, 3.05) is 14.2 Å². The van der Waals surface area contributed by atoms with Gasteiger partial charge in [-0.05, 0) is 42.0 Å². The third kappa shape index (κ3) is 3.83. The molecule has 0 saturated heterocycles. The maximum Gasteiger partial charge on any atom is 0.123 e. The Morgan fingerprint density at radius 2 is 1.76 bits per heavy atom. The molecule has 0 aliphatic carbocycles. The first kappa shape index (κ1) is 15.5. The van der Waals surface area contributed by atoms with E-state index in [4.69, 9.17) is 15.2 Å². The van der Waals surface area contributed by atoms with Crippen LogP contribution in [0.3, 0.4) is 0 Å². The van der Waals surface area contributed by atoms with E-state index in [2.05, 4.69) is 0 Å². The number of benzene rings is 2. The number of hydrogen-bond donors (Lipinski definition) is 1. The maximum atomic E-state index is 12.4. The summed E-state index contributed by atoms with van der Waals surface area (Å²) in [7, 11) is 2.12. The van der Waals surface area contributed by atoms with Crippen LogP contribution in [0.2, 0.25) is 0 Å². The van der Waals surface area contributed by atoms with Crippen molar-refractivity contribution in [3.63, 3.8) is 0 Å². The molecule has 1 atom stereocenters. The molecule has 0 radical (unpaired) electrons. The summed E-state index contributed by atoms with van der Waals surface area (Å²) in [5.41, 5.74) is 7.59. The van der Waals surface area contributed by atoms with E-state index < -0.39 is 10.8 Å². The molecule has 2 aromatic carbocycles. The summed E-state index contributed by atoms with van der Waals surface area (Å²) in [4.78, 5) is 0.779.